The summed E-state index contributed by atoms with van der Waals surface area (Å²) < 4.78 is 11.9. The minimum atomic E-state index is 0.116. The molecule has 3 atom stereocenters. The Balaban J connectivity index is 1.40. The normalized spacial score (nSPS) is 26.7. The van der Waals surface area contributed by atoms with E-state index in [-0.39, 0.29) is 17.9 Å². The van der Waals surface area contributed by atoms with Crippen LogP contribution < -0.4 is 14.8 Å². The third kappa shape index (κ3) is 4.00. The smallest absolute Gasteiger partial charge is 0.226 e. The van der Waals surface area contributed by atoms with Gasteiger partial charge in [0.1, 0.15) is 17.6 Å². The molecule has 28 heavy (non-hydrogen) atoms. The largest absolute Gasteiger partial charge is 0.494 e. The maximum absolute atomic E-state index is 13.1. The monoisotopic (exact) mass is 386 g/mol. The SMILES string of the molecule is CCOc1cc2c(cc1C1CC1C(=O)N1CCC(CCNC)CC1)OC(C)C2. The van der Waals surface area contributed by atoms with Gasteiger partial charge in [-0.05, 0) is 71.2 Å². The van der Waals surface area contributed by atoms with Gasteiger partial charge in [0.15, 0.2) is 0 Å². The van der Waals surface area contributed by atoms with Crippen LogP contribution in [0.15, 0.2) is 12.1 Å². The molecule has 5 heteroatoms. The Morgan fingerprint density at radius 2 is 2.11 bits per heavy atom. The number of nitrogens with zero attached hydrogens (tertiary/aromatic N) is 1. The standard InChI is InChI=1S/C23H34N2O3/c1-4-27-22-12-17-11-15(2)28-21(17)14-19(22)18-13-20(18)23(26)25-9-6-16(7-10-25)5-8-24-3/h12,14-16,18,20,24H,4-11,13H2,1-3H3. The molecule has 1 amide bonds. The van der Waals surface area contributed by atoms with E-state index in [0.29, 0.717) is 12.5 Å². The fourth-order valence-corrected chi connectivity index (χ4v) is 4.86. The van der Waals surface area contributed by atoms with Gasteiger partial charge >= 0.3 is 0 Å². The zero-order chi connectivity index (χ0) is 19.7. The first-order valence-electron chi connectivity index (χ1n) is 11.0. The molecule has 154 valence electrons. The number of fused-ring (bicyclic) bond motifs is 1. The maximum atomic E-state index is 13.1. The first-order valence-corrected chi connectivity index (χ1v) is 11.0. The minimum absolute atomic E-state index is 0.116. The molecule has 0 radical (unpaired) electrons. The van der Waals surface area contributed by atoms with E-state index in [1.807, 2.05) is 14.0 Å². The highest BCUT2D eigenvalue weighted by molar-refractivity contribution is 5.83. The van der Waals surface area contributed by atoms with Crippen LogP contribution in [0.25, 0.3) is 0 Å². The van der Waals surface area contributed by atoms with Crippen molar-refractivity contribution in [3.8, 4) is 11.5 Å². The molecule has 3 aliphatic rings. The van der Waals surface area contributed by atoms with Gasteiger partial charge in [-0.15, -0.1) is 0 Å². The van der Waals surface area contributed by atoms with Gasteiger partial charge < -0.3 is 19.7 Å². The summed E-state index contributed by atoms with van der Waals surface area (Å²) in [6.45, 7) is 7.67. The third-order valence-corrected chi connectivity index (χ3v) is 6.56. The maximum Gasteiger partial charge on any atom is 0.226 e. The van der Waals surface area contributed by atoms with Gasteiger partial charge in [0.05, 0.1) is 6.61 Å². The fourth-order valence-electron chi connectivity index (χ4n) is 4.86. The lowest BCUT2D eigenvalue weighted by atomic mass is 9.93. The van der Waals surface area contributed by atoms with Gasteiger partial charge in [-0.1, -0.05) is 0 Å². The Morgan fingerprint density at radius 1 is 1.32 bits per heavy atom. The zero-order valence-corrected chi connectivity index (χ0v) is 17.5. The molecule has 1 aromatic rings. The summed E-state index contributed by atoms with van der Waals surface area (Å²) in [5.74, 6) is 3.42. The molecule has 4 rings (SSSR count). The topological polar surface area (TPSA) is 50.8 Å². The van der Waals surface area contributed by atoms with Crippen molar-refractivity contribution >= 4 is 5.91 Å². The van der Waals surface area contributed by atoms with E-state index in [9.17, 15) is 4.79 Å². The van der Waals surface area contributed by atoms with E-state index in [2.05, 4.69) is 29.3 Å². The molecular formula is C23H34N2O3. The molecule has 5 nitrogen and oxygen atoms in total. The summed E-state index contributed by atoms with van der Waals surface area (Å²) in [6, 6.07) is 4.29. The Hall–Kier alpha value is -1.75. The highest BCUT2D eigenvalue weighted by atomic mass is 16.5. The van der Waals surface area contributed by atoms with E-state index < -0.39 is 0 Å². The highest BCUT2D eigenvalue weighted by Gasteiger charge is 2.48. The number of nitrogens with one attached hydrogen (secondary N) is 1. The lowest BCUT2D eigenvalue weighted by molar-refractivity contribution is -0.134. The van der Waals surface area contributed by atoms with Crippen molar-refractivity contribution in [1.82, 2.24) is 10.2 Å². The molecule has 2 fully saturated rings. The second-order valence-electron chi connectivity index (χ2n) is 8.67. The van der Waals surface area contributed by atoms with Crippen LogP contribution in [0.4, 0.5) is 0 Å². The van der Waals surface area contributed by atoms with Gasteiger partial charge in [0.25, 0.3) is 0 Å². The summed E-state index contributed by atoms with van der Waals surface area (Å²) in [5.41, 5.74) is 2.39. The number of amides is 1. The number of hydrogen-bond acceptors (Lipinski definition) is 4. The van der Waals surface area contributed by atoms with Gasteiger partial charge in [0.2, 0.25) is 5.91 Å². The average Bonchev–Trinajstić information content (AvgIpc) is 3.40. The molecule has 3 unspecified atom stereocenters. The molecule has 1 saturated carbocycles. The van der Waals surface area contributed by atoms with Gasteiger partial charge in [-0.3, -0.25) is 4.79 Å². The predicted molar refractivity (Wildman–Crippen MR) is 110 cm³/mol. The Bertz CT molecular complexity index is 712. The van der Waals surface area contributed by atoms with Crippen LogP contribution in [0, 0.1) is 11.8 Å². The van der Waals surface area contributed by atoms with Crippen LogP contribution >= 0.6 is 0 Å². The van der Waals surface area contributed by atoms with Crippen LogP contribution in [0.3, 0.4) is 0 Å². The highest BCUT2D eigenvalue weighted by Crippen LogP contribution is 2.53. The molecule has 2 aliphatic heterocycles. The summed E-state index contributed by atoms with van der Waals surface area (Å²) in [5, 5.41) is 3.23. The van der Waals surface area contributed by atoms with E-state index in [0.717, 1.165) is 68.3 Å². The number of benzene rings is 1. The number of carbonyl (C=O) groups excluding carboxylic acids is 1. The number of rotatable bonds is 7. The van der Waals surface area contributed by atoms with E-state index in [4.69, 9.17) is 9.47 Å². The van der Waals surface area contributed by atoms with Gasteiger partial charge in [-0.25, -0.2) is 0 Å². The van der Waals surface area contributed by atoms with Crippen LogP contribution in [0.5, 0.6) is 11.5 Å². The molecule has 0 spiro atoms. The van der Waals surface area contributed by atoms with Crippen molar-refractivity contribution in [2.75, 3.05) is 33.3 Å². The molecular weight excluding hydrogens is 352 g/mol. The van der Waals surface area contributed by atoms with Gasteiger partial charge in [-0.2, -0.15) is 0 Å². The lowest BCUT2D eigenvalue weighted by Crippen LogP contribution is -2.40. The summed E-state index contributed by atoms with van der Waals surface area (Å²) in [7, 11) is 2.01. The fraction of sp³-hybridized carbons (Fsp3) is 0.696. The van der Waals surface area contributed by atoms with Crippen LogP contribution in [-0.4, -0.2) is 50.2 Å². The predicted octanol–water partition coefficient (Wildman–Crippen LogP) is 3.36. The Morgan fingerprint density at radius 3 is 2.82 bits per heavy atom. The van der Waals surface area contributed by atoms with Crippen molar-refractivity contribution < 1.29 is 14.3 Å². The summed E-state index contributed by atoms with van der Waals surface area (Å²) in [6.07, 6.45) is 5.59. The number of likely N-dealkylation sites (tertiary alicyclic amines) is 1. The van der Waals surface area contributed by atoms with Crippen molar-refractivity contribution in [3.05, 3.63) is 23.3 Å². The minimum Gasteiger partial charge on any atom is -0.494 e. The van der Waals surface area contributed by atoms with Crippen LogP contribution in [-0.2, 0) is 11.2 Å². The van der Waals surface area contributed by atoms with Crippen LogP contribution in [0.1, 0.15) is 56.6 Å². The first kappa shape index (κ1) is 19.6. The third-order valence-electron chi connectivity index (χ3n) is 6.56. The second kappa shape index (κ2) is 8.32. The number of carbonyl (C=O) groups is 1. The van der Waals surface area contributed by atoms with Crippen molar-refractivity contribution in [1.29, 1.82) is 0 Å². The zero-order valence-electron chi connectivity index (χ0n) is 17.5. The number of ether oxygens (including phenoxy) is 2. The Labute approximate surface area is 168 Å². The first-order chi connectivity index (χ1) is 13.6. The van der Waals surface area contributed by atoms with Crippen molar-refractivity contribution in [2.24, 2.45) is 11.8 Å². The number of piperidine rings is 1. The summed E-state index contributed by atoms with van der Waals surface area (Å²) >= 11 is 0. The van der Waals surface area contributed by atoms with Crippen molar-refractivity contribution in [3.63, 3.8) is 0 Å². The lowest BCUT2D eigenvalue weighted by Gasteiger charge is -2.32. The van der Waals surface area contributed by atoms with E-state index in [1.54, 1.807) is 0 Å². The quantitative estimate of drug-likeness (QED) is 0.781. The molecule has 2 heterocycles. The molecule has 1 aromatic carbocycles. The van der Waals surface area contributed by atoms with Crippen LogP contribution in [0.2, 0.25) is 0 Å². The van der Waals surface area contributed by atoms with E-state index in [1.165, 1.54) is 12.0 Å². The Kier molecular flexibility index (Phi) is 5.81. The molecule has 0 aromatic heterocycles. The average molecular weight is 387 g/mol. The second-order valence-corrected chi connectivity index (χ2v) is 8.67. The molecule has 0 bridgehead atoms. The molecule has 1 saturated heterocycles. The molecule has 1 aliphatic carbocycles. The summed E-state index contributed by atoms with van der Waals surface area (Å²) in [4.78, 5) is 15.2. The molecule has 1 N–H and O–H groups in total. The van der Waals surface area contributed by atoms with Crippen molar-refractivity contribution in [2.45, 2.75) is 58.0 Å². The van der Waals surface area contributed by atoms with Gasteiger partial charge in [0, 0.05) is 42.5 Å². The van der Waals surface area contributed by atoms with E-state index >= 15 is 0 Å². The number of hydrogen-bond donors (Lipinski definition) is 1.